The predicted octanol–water partition coefficient (Wildman–Crippen LogP) is 3.30. The molecular formula is C19H20ClN3O3. The number of nitrogens with zero attached hydrogens (tertiary/aromatic N) is 2. The summed E-state index contributed by atoms with van der Waals surface area (Å²) in [7, 11) is 5.01. The Morgan fingerprint density at radius 3 is 2.65 bits per heavy atom. The van der Waals surface area contributed by atoms with Crippen molar-refractivity contribution in [3.05, 3.63) is 52.5 Å². The first-order valence-corrected chi connectivity index (χ1v) is 8.23. The molecule has 0 aliphatic heterocycles. The van der Waals surface area contributed by atoms with Gasteiger partial charge < -0.3 is 14.8 Å². The van der Waals surface area contributed by atoms with E-state index < -0.39 is 0 Å². The average molecular weight is 374 g/mol. The van der Waals surface area contributed by atoms with Gasteiger partial charge in [0.2, 0.25) is 5.91 Å². The third-order valence-electron chi connectivity index (χ3n) is 3.72. The van der Waals surface area contributed by atoms with Crippen LogP contribution in [0.2, 0.25) is 5.02 Å². The number of benzene rings is 2. The number of anilines is 1. The molecule has 0 aliphatic rings. The van der Waals surface area contributed by atoms with Crippen LogP contribution in [0.1, 0.15) is 11.1 Å². The van der Waals surface area contributed by atoms with E-state index in [-0.39, 0.29) is 12.5 Å². The molecule has 136 valence electrons. The molecule has 2 aromatic carbocycles. The van der Waals surface area contributed by atoms with Crippen LogP contribution < -0.4 is 14.8 Å². The van der Waals surface area contributed by atoms with Crippen LogP contribution in [0.4, 0.5) is 5.69 Å². The Morgan fingerprint density at radius 1 is 1.23 bits per heavy atom. The molecule has 1 amide bonds. The van der Waals surface area contributed by atoms with Gasteiger partial charge >= 0.3 is 0 Å². The van der Waals surface area contributed by atoms with Crippen molar-refractivity contribution < 1.29 is 14.3 Å². The average Bonchev–Trinajstić information content (AvgIpc) is 2.62. The van der Waals surface area contributed by atoms with E-state index >= 15 is 0 Å². The number of hydrogen-bond donors (Lipinski definition) is 1. The van der Waals surface area contributed by atoms with Crippen LogP contribution in [-0.4, -0.2) is 38.6 Å². The number of nitriles is 1. The van der Waals surface area contributed by atoms with Gasteiger partial charge in [-0.15, -0.1) is 0 Å². The maximum Gasteiger partial charge on any atom is 0.238 e. The standard InChI is InChI=1S/C19H20ClN3O3/c1-23(11-14-5-7-16(25-2)9-18(14)26-3)12-19(24)22-17-8-15(20)6-4-13(17)10-21/h4-9H,11-12H2,1-3H3,(H,22,24). The smallest absolute Gasteiger partial charge is 0.238 e. The topological polar surface area (TPSA) is 74.6 Å². The molecule has 0 aliphatic carbocycles. The van der Waals surface area contributed by atoms with Gasteiger partial charge in [0.25, 0.3) is 0 Å². The zero-order valence-corrected chi connectivity index (χ0v) is 15.6. The van der Waals surface area contributed by atoms with Crippen LogP contribution in [-0.2, 0) is 11.3 Å². The molecule has 0 unspecified atom stereocenters. The van der Waals surface area contributed by atoms with Crippen LogP contribution in [0.5, 0.6) is 11.5 Å². The number of carbonyl (C=O) groups is 1. The Balaban J connectivity index is 2.02. The number of ether oxygens (including phenoxy) is 2. The second-order valence-electron chi connectivity index (χ2n) is 5.70. The van der Waals surface area contributed by atoms with Crippen LogP contribution in [0.25, 0.3) is 0 Å². The lowest BCUT2D eigenvalue weighted by Gasteiger charge is -2.18. The predicted molar refractivity (Wildman–Crippen MR) is 101 cm³/mol. The molecule has 1 N–H and O–H groups in total. The molecule has 6 nitrogen and oxygen atoms in total. The highest BCUT2D eigenvalue weighted by molar-refractivity contribution is 6.31. The van der Waals surface area contributed by atoms with Crippen molar-refractivity contribution >= 4 is 23.2 Å². The number of halogens is 1. The van der Waals surface area contributed by atoms with Gasteiger partial charge in [0, 0.05) is 23.2 Å². The van der Waals surface area contributed by atoms with Crippen molar-refractivity contribution in [1.29, 1.82) is 5.26 Å². The molecule has 0 spiro atoms. The monoisotopic (exact) mass is 373 g/mol. The van der Waals surface area contributed by atoms with Crippen LogP contribution in [0.3, 0.4) is 0 Å². The molecule has 0 saturated heterocycles. The van der Waals surface area contributed by atoms with Gasteiger partial charge in [-0.25, -0.2) is 0 Å². The largest absolute Gasteiger partial charge is 0.497 e. The molecule has 0 radical (unpaired) electrons. The first-order chi connectivity index (χ1) is 12.5. The number of carbonyl (C=O) groups excluding carboxylic acids is 1. The van der Waals surface area contributed by atoms with Gasteiger partial charge in [-0.3, -0.25) is 9.69 Å². The Labute approximate surface area is 157 Å². The minimum Gasteiger partial charge on any atom is -0.497 e. The Kier molecular flexibility index (Phi) is 6.84. The Bertz CT molecular complexity index is 833. The lowest BCUT2D eigenvalue weighted by molar-refractivity contribution is -0.117. The zero-order valence-electron chi connectivity index (χ0n) is 14.9. The lowest BCUT2D eigenvalue weighted by Crippen LogP contribution is -2.30. The summed E-state index contributed by atoms with van der Waals surface area (Å²) in [4.78, 5) is 14.1. The molecular weight excluding hydrogens is 354 g/mol. The van der Waals surface area contributed by atoms with Gasteiger partial charge in [-0.1, -0.05) is 17.7 Å². The van der Waals surface area contributed by atoms with Crippen molar-refractivity contribution in [3.8, 4) is 17.6 Å². The zero-order chi connectivity index (χ0) is 19.1. The first-order valence-electron chi connectivity index (χ1n) is 7.85. The molecule has 2 rings (SSSR count). The second kappa shape index (κ2) is 9.09. The summed E-state index contributed by atoms with van der Waals surface area (Å²) < 4.78 is 10.6. The van der Waals surface area contributed by atoms with E-state index in [1.165, 1.54) is 0 Å². The molecule has 0 saturated carbocycles. The summed E-state index contributed by atoms with van der Waals surface area (Å²) in [5.74, 6) is 1.16. The SMILES string of the molecule is COc1ccc(CN(C)CC(=O)Nc2cc(Cl)ccc2C#N)c(OC)c1. The number of hydrogen-bond acceptors (Lipinski definition) is 5. The highest BCUT2D eigenvalue weighted by Crippen LogP contribution is 2.25. The second-order valence-corrected chi connectivity index (χ2v) is 6.14. The molecule has 0 atom stereocenters. The minimum absolute atomic E-state index is 0.145. The van der Waals surface area contributed by atoms with Crippen molar-refractivity contribution in [2.24, 2.45) is 0 Å². The fourth-order valence-electron chi connectivity index (χ4n) is 2.48. The van der Waals surface area contributed by atoms with Crippen LogP contribution in [0, 0.1) is 11.3 Å². The van der Waals surface area contributed by atoms with E-state index in [9.17, 15) is 4.79 Å². The van der Waals surface area contributed by atoms with Gasteiger partial charge in [-0.05, 0) is 31.3 Å². The molecule has 0 heterocycles. The normalized spacial score (nSPS) is 10.3. The van der Waals surface area contributed by atoms with E-state index in [1.54, 1.807) is 38.5 Å². The number of likely N-dealkylation sites (N-methyl/N-ethyl adjacent to an activating group) is 1. The van der Waals surface area contributed by atoms with E-state index in [2.05, 4.69) is 5.32 Å². The molecule has 2 aromatic rings. The first kappa shape index (κ1) is 19.6. The van der Waals surface area contributed by atoms with Crippen molar-refractivity contribution in [2.75, 3.05) is 33.1 Å². The summed E-state index contributed by atoms with van der Waals surface area (Å²) in [6.45, 7) is 0.661. The fraction of sp³-hybridized carbons (Fsp3) is 0.263. The maximum absolute atomic E-state index is 12.3. The molecule has 0 bridgehead atoms. The minimum atomic E-state index is -0.237. The lowest BCUT2D eigenvalue weighted by atomic mass is 10.1. The van der Waals surface area contributed by atoms with Crippen LogP contribution in [0.15, 0.2) is 36.4 Å². The number of methoxy groups -OCH3 is 2. The fourth-order valence-corrected chi connectivity index (χ4v) is 2.65. The highest BCUT2D eigenvalue weighted by Gasteiger charge is 2.13. The van der Waals surface area contributed by atoms with Crippen LogP contribution >= 0.6 is 11.6 Å². The molecule has 7 heteroatoms. The van der Waals surface area contributed by atoms with Gasteiger partial charge in [-0.2, -0.15) is 5.26 Å². The molecule has 0 fully saturated rings. The van der Waals surface area contributed by atoms with Gasteiger partial charge in [0.15, 0.2) is 0 Å². The Morgan fingerprint density at radius 2 is 2.00 bits per heavy atom. The highest BCUT2D eigenvalue weighted by atomic mass is 35.5. The third-order valence-corrected chi connectivity index (χ3v) is 3.96. The van der Waals surface area contributed by atoms with Gasteiger partial charge in [0.05, 0.1) is 32.0 Å². The summed E-state index contributed by atoms with van der Waals surface area (Å²) in [6.07, 6.45) is 0. The quantitative estimate of drug-likeness (QED) is 0.806. The van der Waals surface area contributed by atoms with Crippen molar-refractivity contribution in [2.45, 2.75) is 6.54 Å². The van der Waals surface area contributed by atoms with E-state index in [1.807, 2.05) is 30.1 Å². The van der Waals surface area contributed by atoms with E-state index in [4.69, 9.17) is 26.3 Å². The third kappa shape index (κ3) is 5.12. The van der Waals surface area contributed by atoms with E-state index in [0.717, 1.165) is 5.56 Å². The van der Waals surface area contributed by atoms with Gasteiger partial charge in [0.1, 0.15) is 17.6 Å². The summed E-state index contributed by atoms with van der Waals surface area (Å²) in [5.41, 5.74) is 1.70. The number of rotatable bonds is 7. The van der Waals surface area contributed by atoms with Crippen molar-refractivity contribution in [3.63, 3.8) is 0 Å². The summed E-state index contributed by atoms with van der Waals surface area (Å²) >= 11 is 5.93. The summed E-state index contributed by atoms with van der Waals surface area (Å²) in [6, 6.07) is 12.3. The molecule has 0 aromatic heterocycles. The molecule has 26 heavy (non-hydrogen) atoms. The number of nitrogens with one attached hydrogen (secondary N) is 1. The Hall–Kier alpha value is -2.75. The summed E-state index contributed by atoms with van der Waals surface area (Å²) in [5, 5.41) is 12.3. The maximum atomic E-state index is 12.3. The van der Waals surface area contributed by atoms with Crippen molar-refractivity contribution in [1.82, 2.24) is 4.90 Å². The number of amides is 1. The van der Waals surface area contributed by atoms with E-state index in [0.29, 0.717) is 34.3 Å².